The molecular formula is C20H20N2O4S. The number of amides is 1. The van der Waals surface area contributed by atoms with Gasteiger partial charge >= 0.3 is 5.97 Å². The Balaban J connectivity index is 2.21. The Morgan fingerprint density at radius 1 is 1.15 bits per heavy atom. The maximum Gasteiger partial charge on any atom is 0.325 e. The Hall–Kier alpha value is -2.93. The second-order valence-corrected chi connectivity index (χ2v) is 6.82. The molecular weight excluding hydrogens is 364 g/mol. The van der Waals surface area contributed by atoms with Gasteiger partial charge in [0.2, 0.25) is 0 Å². The molecule has 7 heteroatoms. The molecule has 27 heavy (non-hydrogen) atoms. The first kappa shape index (κ1) is 18.8. The minimum absolute atomic E-state index is 0.0551. The van der Waals surface area contributed by atoms with Crippen LogP contribution in [-0.4, -0.2) is 30.2 Å². The van der Waals surface area contributed by atoms with E-state index in [0.29, 0.717) is 22.7 Å². The zero-order valence-electron chi connectivity index (χ0n) is 15.4. The van der Waals surface area contributed by atoms with E-state index in [9.17, 15) is 9.59 Å². The number of hydrogen-bond acceptors (Lipinski definition) is 5. The van der Waals surface area contributed by atoms with Crippen LogP contribution in [0.1, 0.15) is 22.8 Å². The number of carbonyl (C=O) groups excluding carboxylic acids is 2. The van der Waals surface area contributed by atoms with Crippen molar-refractivity contribution < 1.29 is 19.1 Å². The van der Waals surface area contributed by atoms with E-state index in [-0.39, 0.29) is 12.5 Å². The summed E-state index contributed by atoms with van der Waals surface area (Å²) in [6.07, 6.45) is 0. The van der Waals surface area contributed by atoms with E-state index in [1.165, 1.54) is 18.4 Å². The van der Waals surface area contributed by atoms with Crippen LogP contribution >= 0.6 is 11.3 Å². The van der Waals surface area contributed by atoms with E-state index in [0.717, 1.165) is 15.8 Å². The third-order valence-electron chi connectivity index (χ3n) is 4.05. The number of fused-ring (bicyclic) bond motifs is 1. The second-order valence-electron chi connectivity index (χ2n) is 5.81. The van der Waals surface area contributed by atoms with Gasteiger partial charge in [0.1, 0.15) is 17.8 Å². The lowest BCUT2D eigenvalue weighted by Gasteiger charge is -2.09. The smallest absolute Gasteiger partial charge is 0.325 e. The number of aryl methyl sites for hydroxylation is 1. The van der Waals surface area contributed by atoms with E-state index < -0.39 is 5.97 Å². The standard InChI is InChI=1S/C20H20N2O4S/c1-4-26-15-10-7-11-16-18(15)22(12-17(23)25-3)20(27-16)21-19(24)14-9-6-5-8-13(14)2/h5-11H,4,12H2,1-3H3. The molecule has 0 spiro atoms. The summed E-state index contributed by atoms with van der Waals surface area (Å²) in [5.74, 6) is -0.137. The van der Waals surface area contributed by atoms with Crippen LogP contribution in [0.3, 0.4) is 0 Å². The molecule has 0 saturated carbocycles. The molecule has 0 fully saturated rings. The van der Waals surface area contributed by atoms with Crippen LogP contribution in [0.15, 0.2) is 47.5 Å². The molecule has 0 saturated heterocycles. The molecule has 1 aromatic heterocycles. The molecule has 1 heterocycles. The van der Waals surface area contributed by atoms with Crippen molar-refractivity contribution in [2.24, 2.45) is 4.99 Å². The van der Waals surface area contributed by atoms with Gasteiger partial charge in [0.15, 0.2) is 4.80 Å². The van der Waals surface area contributed by atoms with E-state index in [4.69, 9.17) is 9.47 Å². The number of aromatic nitrogens is 1. The van der Waals surface area contributed by atoms with Crippen molar-refractivity contribution in [3.8, 4) is 5.75 Å². The van der Waals surface area contributed by atoms with Crippen molar-refractivity contribution in [3.63, 3.8) is 0 Å². The fourth-order valence-corrected chi connectivity index (χ4v) is 3.80. The van der Waals surface area contributed by atoms with Crippen LogP contribution in [0.25, 0.3) is 10.2 Å². The number of methoxy groups -OCH3 is 1. The van der Waals surface area contributed by atoms with Gasteiger partial charge < -0.3 is 14.0 Å². The summed E-state index contributed by atoms with van der Waals surface area (Å²) in [4.78, 5) is 29.4. The van der Waals surface area contributed by atoms with Crippen LogP contribution in [-0.2, 0) is 16.1 Å². The van der Waals surface area contributed by atoms with Gasteiger partial charge in [-0.25, -0.2) is 0 Å². The Morgan fingerprint density at radius 2 is 1.93 bits per heavy atom. The SMILES string of the molecule is CCOc1cccc2sc(=NC(=O)c3ccccc3C)n(CC(=O)OC)c12. The predicted octanol–water partition coefficient (Wildman–Crippen LogP) is 3.32. The average molecular weight is 384 g/mol. The van der Waals surface area contributed by atoms with Crippen LogP contribution in [0.4, 0.5) is 0 Å². The van der Waals surface area contributed by atoms with E-state index in [2.05, 4.69) is 4.99 Å². The van der Waals surface area contributed by atoms with Crippen molar-refractivity contribution in [3.05, 3.63) is 58.4 Å². The molecule has 0 radical (unpaired) electrons. The Morgan fingerprint density at radius 3 is 2.63 bits per heavy atom. The van der Waals surface area contributed by atoms with Gasteiger partial charge in [-0.15, -0.1) is 0 Å². The molecule has 140 valence electrons. The molecule has 3 aromatic rings. The summed E-state index contributed by atoms with van der Waals surface area (Å²) >= 11 is 1.33. The topological polar surface area (TPSA) is 69.9 Å². The van der Waals surface area contributed by atoms with E-state index in [1.54, 1.807) is 16.7 Å². The maximum atomic E-state index is 12.7. The lowest BCUT2D eigenvalue weighted by atomic mass is 10.1. The monoisotopic (exact) mass is 384 g/mol. The van der Waals surface area contributed by atoms with Gasteiger partial charge in [0, 0.05) is 5.56 Å². The first-order valence-electron chi connectivity index (χ1n) is 8.51. The number of esters is 1. The quantitative estimate of drug-likeness (QED) is 0.633. The number of carbonyl (C=O) groups is 2. The number of benzene rings is 2. The highest BCUT2D eigenvalue weighted by molar-refractivity contribution is 7.16. The number of nitrogens with zero attached hydrogens (tertiary/aromatic N) is 2. The highest BCUT2D eigenvalue weighted by Crippen LogP contribution is 2.27. The summed E-state index contributed by atoms with van der Waals surface area (Å²) < 4.78 is 13.1. The second kappa shape index (κ2) is 8.18. The number of ether oxygens (including phenoxy) is 2. The molecule has 3 rings (SSSR count). The van der Waals surface area contributed by atoms with Gasteiger partial charge in [0.25, 0.3) is 5.91 Å². The van der Waals surface area contributed by atoms with Crippen molar-refractivity contribution in [1.29, 1.82) is 0 Å². The van der Waals surface area contributed by atoms with Gasteiger partial charge in [0.05, 0.1) is 18.4 Å². The largest absolute Gasteiger partial charge is 0.492 e. The van der Waals surface area contributed by atoms with Crippen molar-refractivity contribution in [2.75, 3.05) is 13.7 Å². The van der Waals surface area contributed by atoms with E-state index >= 15 is 0 Å². The summed E-state index contributed by atoms with van der Waals surface area (Å²) in [5, 5.41) is 0. The summed E-state index contributed by atoms with van der Waals surface area (Å²) in [7, 11) is 1.33. The van der Waals surface area contributed by atoms with Crippen molar-refractivity contribution in [1.82, 2.24) is 4.57 Å². The van der Waals surface area contributed by atoms with Gasteiger partial charge in [-0.05, 0) is 37.6 Å². The Bertz CT molecular complexity index is 1070. The first-order valence-corrected chi connectivity index (χ1v) is 9.33. The highest BCUT2D eigenvalue weighted by atomic mass is 32.1. The molecule has 0 atom stereocenters. The summed E-state index contributed by atoms with van der Waals surface area (Å²) in [5.41, 5.74) is 2.11. The molecule has 0 aliphatic rings. The third kappa shape index (κ3) is 3.93. The molecule has 0 aliphatic heterocycles. The summed E-state index contributed by atoms with van der Waals surface area (Å²) in [6.45, 7) is 4.19. The van der Waals surface area contributed by atoms with Crippen LogP contribution in [0.5, 0.6) is 5.75 Å². The molecule has 1 amide bonds. The minimum Gasteiger partial charge on any atom is -0.492 e. The van der Waals surface area contributed by atoms with Gasteiger partial charge in [-0.2, -0.15) is 4.99 Å². The normalized spacial score (nSPS) is 11.6. The van der Waals surface area contributed by atoms with Crippen LogP contribution < -0.4 is 9.54 Å². The maximum absolute atomic E-state index is 12.7. The van der Waals surface area contributed by atoms with Crippen molar-refractivity contribution in [2.45, 2.75) is 20.4 Å². The fraction of sp³-hybridized carbons (Fsp3) is 0.250. The molecule has 0 unspecified atom stereocenters. The van der Waals surface area contributed by atoms with Crippen LogP contribution in [0.2, 0.25) is 0 Å². The lowest BCUT2D eigenvalue weighted by molar-refractivity contribution is -0.141. The summed E-state index contributed by atoms with van der Waals surface area (Å²) in [6, 6.07) is 12.9. The fourth-order valence-electron chi connectivity index (χ4n) is 2.76. The number of hydrogen-bond donors (Lipinski definition) is 0. The molecule has 6 nitrogen and oxygen atoms in total. The molecule has 0 bridgehead atoms. The molecule has 0 N–H and O–H groups in total. The van der Waals surface area contributed by atoms with E-state index in [1.807, 2.05) is 44.2 Å². The highest BCUT2D eigenvalue weighted by Gasteiger charge is 2.16. The lowest BCUT2D eigenvalue weighted by Crippen LogP contribution is -2.22. The van der Waals surface area contributed by atoms with Crippen molar-refractivity contribution >= 4 is 33.4 Å². The van der Waals surface area contributed by atoms with Crippen LogP contribution in [0, 0.1) is 6.92 Å². The third-order valence-corrected chi connectivity index (χ3v) is 5.10. The predicted molar refractivity (Wildman–Crippen MR) is 104 cm³/mol. The number of para-hydroxylation sites is 1. The zero-order chi connectivity index (χ0) is 19.4. The Labute approximate surface area is 160 Å². The molecule has 2 aromatic carbocycles. The minimum atomic E-state index is -0.425. The van der Waals surface area contributed by atoms with Gasteiger partial charge in [-0.3, -0.25) is 9.59 Å². The number of thiazole rings is 1. The zero-order valence-corrected chi connectivity index (χ0v) is 16.2. The molecule has 0 aliphatic carbocycles. The Kier molecular flexibility index (Phi) is 5.71. The number of rotatable bonds is 5. The van der Waals surface area contributed by atoms with Gasteiger partial charge in [-0.1, -0.05) is 35.6 Å². The average Bonchev–Trinajstić information content (AvgIpc) is 3.00. The first-order chi connectivity index (χ1) is 13.0.